The Morgan fingerprint density at radius 2 is 2.21 bits per heavy atom. The van der Waals surface area contributed by atoms with E-state index in [1.54, 1.807) is 17.4 Å². The first-order valence-corrected chi connectivity index (χ1v) is 10.9. The maximum atomic E-state index is 10.6. The quantitative estimate of drug-likeness (QED) is 0.705. The molecular formula is C22H25N3O2S. The summed E-state index contributed by atoms with van der Waals surface area (Å²) in [5.41, 5.74) is 3.01. The number of nitrogens with one attached hydrogen (secondary N) is 1. The van der Waals surface area contributed by atoms with E-state index in [-0.39, 0.29) is 5.75 Å². The van der Waals surface area contributed by atoms with Crippen molar-refractivity contribution < 1.29 is 9.84 Å². The molecule has 28 heavy (non-hydrogen) atoms. The fraction of sp³-hybridized carbons (Fsp3) is 0.409. The second-order valence-electron chi connectivity index (χ2n) is 7.77. The molecule has 1 fully saturated rings. The molecule has 5 rings (SSSR count). The molecule has 2 N–H and O–H groups in total. The zero-order valence-electron chi connectivity index (χ0n) is 15.9. The van der Waals surface area contributed by atoms with Crippen LogP contribution >= 0.6 is 11.3 Å². The minimum absolute atomic E-state index is 0.216. The highest BCUT2D eigenvalue weighted by Crippen LogP contribution is 2.39. The third-order valence-corrected chi connectivity index (χ3v) is 6.74. The minimum Gasteiger partial charge on any atom is -0.504 e. The van der Waals surface area contributed by atoms with E-state index in [0.717, 1.165) is 59.1 Å². The number of phenols is 1. The number of piperidine rings is 1. The predicted molar refractivity (Wildman–Crippen MR) is 113 cm³/mol. The van der Waals surface area contributed by atoms with Crippen molar-refractivity contribution in [2.45, 2.75) is 19.4 Å². The number of ether oxygens (including phenoxy) is 1. The molecule has 0 bridgehead atoms. The highest BCUT2D eigenvalue weighted by atomic mass is 32.1. The summed E-state index contributed by atoms with van der Waals surface area (Å²) in [6, 6.07) is 12.1. The van der Waals surface area contributed by atoms with Gasteiger partial charge in [0.05, 0.1) is 10.2 Å². The lowest BCUT2D eigenvalue weighted by Gasteiger charge is -2.29. The molecule has 2 aliphatic rings. The number of thiazole rings is 1. The van der Waals surface area contributed by atoms with Crippen molar-refractivity contribution in [3.05, 3.63) is 42.0 Å². The number of rotatable bonds is 3. The number of hydrogen-bond acceptors (Lipinski definition) is 6. The molecule has 0 aliphatic carbocycles. The summed E-state index contributed by atoms with van der Waals surface area (Å²) in [4.78, 5) is 7.22. The van der Waals surface area contributed by atoms with Crippen molar-refractivity contribution in [3.8, 4) is 22.1 Å². The molecule has 146 valence electrons. The van der Waals surface area contributed by atoms with Crippen molar-refractivity contribution in [2.24, 2.45) is 5.92 Å². The van der Waals surface area contributed by atoms with Crippen LogP contribution in [-0.2, 0) is 6.54 Å². The average molecular weight is 396 g/mol. The molecule has 3 aromatic rings. The first-order chi connectivity index (χ1) is 13.8. The number of nitrogens with zero attached hydrogens (tertiary/aromatic N) is 2. The lowest BCUT2D eigenvalue weighted by Crippen LogP contribution is -2.38. The standard InChI is InChI=1S/C22H25N3O2S/c26-19-11-16(22-24-18-5-1-2-6-20(18)28-22)10-17-14-25(8-9-27-21(17)19)13-15-4-3-7-23-12-15/h1-2,5-6,10-11,15,23,26H,3-4,7-9,12-14H2/t15-/m0/s1. The summed E-state index contributed by atoms with van der Waals surface area (Å²) in [6.07, 6.45) is 2.54. The molecular weight excluding hydrogens is 370 g/mol. The van der Waals surface area contributed by atoms with Gasteiger partial charge in [-0.1, -0.05) is 12.1 Å². The van der Waals surface area contributed by atoms with Crippen LogP contribution < -0.4 is 10.1 Å². The fourth-order valence-corrected chi connectivity index (χ4v) is 5.23. The number of aromatic nitrogens is 1. The van der Waals surface area contributed by atoms with Crippen molar-refractivity contribution in [2.75, 3.05) is 32.8 Å². The summed E-state index contributed by atoms with van der Waals surface area (Å²) in [7, 11) is 0. The Bertz CT molecular complexity index is 948. The largest absolute Gasteiger partial charge is 0.504 e. The molecule has 1 atom stereocenters. The summed E-state index contributed by atoms with van der Waals surface area (Å²) >= 11 is 1.66. The normalized spacial score (nSPS) is 20.5. The summed E-state index contributed by atoms with van der Waals surface area (Å²) < 4.78 is 7.09. The molecule has 0 radical (unpaired) electrons. The van der Waals surface area contributed by atoms with Crippen molar-refractivity contribution in [3.63, 3.8) is 0 Å². The summed E-state index contributed by atoms with van der Waals surface area (Å²) in [6.45, 7) is 5.62. The van der Waals surface area contributed by atoms with E-state index >= 15 is 0 Å². The van der Waals surface area contributed by atoms with E-state index in [2.05, 4.69) is 22.3 Å². The van der Waals surface area contributed by atoms with Gasteiger partial charge in [-0.25, -0.2) is 4.98 Å². The Hall–Kier alpha value is -2.15. The van der Waals surface area contributed by atoms with E-state index in [9.17, 15) is 5.11 Å². The molecule has 2 aliphatic heterocycles. The zero-order valence-corrected chi connectivity index (χ0v) is 16.7. The highest BCUT2D eigenvalue weighted by Gasteiger charge is 2.23. The number of hydrogen-bond donors (Lipinski definition) is 2. The Balaban J connectivity index is 1.44. The Morgan fingerprint density at radius 3 is 3.07 bits per heavy atom. The highest BCUT2D eigenvalue weighted by molar-refractivity contribution is 7.21. The first-order valence-electron chi connectivity index (χ1n) is 10.0. The smallest absolute Gasteiger partial charge is 0.165 e. The molecule has 5 nitrogen and oxygen atoms in total. The van der Waals surface area contributed by atoms with Gasteiger partial charge < -0.3 is 15.2 Å². The van der Waals surface area contributed by atoms with E-state index in [1.807, 2.05) is 18.2 Å². The van der Waals surface area contributed by atoms with Gasteiger partial charge in [0.2, 0.25) is 0 Å². The molecule has 0 spiro atoms. The Labute approximate surface area is 169 Å². The Kier molecular flexibility index (Phi) is 4.93. The minimum atomic E-state index is 0.216. The van der Waals surface area contributed by atoms with E-state index < -0.39 is 0 Å². The molecule has 1 aromatic heterocycles. The number of aromatic hydroxyl groups is 1. The van der Waals surface area contributed by atoms with Gasteiger partial charge in [-0.2, -0.15) is 0 Å². The topological polar surface area (TPSA) is 57.6 Å². The van der Waals surface area contributed by atoms with Crippen molar-refractivity contribution in [1.82, 2.24) is 15.2 Å². The van der Waals surface area contributed by atoms with Gasteiger partial charge in [-0.3, -0.25) is 4.90 Å². The predicted octanol–water partition coefficient (Wildman–Crippen LogP) is 3.86. The second-order valence-corrected chi connectivity index (χ2v) is 8.80. The van der Waals surface area contributed by atoms with Crippen LogP contribution in [0.25, 0.3) is 20.8 Å². The van der Waals surface area contributed by atoms with Gasteiger partial charge in [-0.15, -0.1) is 11.3 Å². The van der Waals surface area contributed by atoms with Gasteiger partial charge in [0.15, 0.2) is 11.5 Å². The van der Waals surface area contributed by atoms with Crippen molar-refractivity contribution in [1.29, 1.82) is 0 Å². The van der Waals surface area contributed by atoms with Crippen LogP contribution in [0.15, 0.2) is 36.4 Å². The third kappa shape index (κ3) is 3.60. The molecule has 0 amide bonds. The van der Waals surface area contributed by atoms with Gasteiger partial charge in [0.1, 0.15) is 11.6 Å². The number of phenolic OH excluding ortho intramolecular Hbond substituents is 1. The van der Waals surface area contributed by atoms with Crippen LogP contribution in [0, 0.1) is 5.92 Å². The molecule has 6 heteroatoms. The SMILES string of the molecule is Oc1cc(-c2nc3ccccc3s2)cc2c1OCCN(C[C@H]1CCCNC1)C2. The van der Waals surface area contributed by atoms with Crippen molar-refractivity contribution >= 4 is 21.6 Å². The third-order valence-electron chi connectivity index (χ3n) is 5.65. The van der Waals surface area contributed by atoms with Gasteiger partial charge >= 0.3 is 0 Å². The maximum absolute atomic E-state index is 10.6. The van der Waals surface area contributed by atoms with Crippen LogP contribution in [0.5, 0.6) is 11.5 Å². The van der Waals surface area contributed by atoms with E-state index in [0.29, 0.717) is 18.3 Å². The molecule has 1 saturated heterocycles. The Morgan fingerprint density at radius 1 is 1.29 bits per heavy atom. The maximum Gasteiger partial charge on any atom is 0.165 e. The summed E-state index contributed by atoms with van der Waals surface area (Å²) in [5, 5.41) is 15.1. The number of fused-ring (bicyclic) bond motifs is 2. The van der Waals surface area contributed by atoms with E-state index in [4.69, 9.17) is 9.72 Å². The molecule has 0 unspecified atom stereocenters. The van der Waals surface area contributed by atoms with Crippen LogP contribution in [-0.4, -0.2) is 47.8 Å². The zero-order chi connectivity index (χ0) is 18.9. The van der Waals surface area contributed by atoms with Crippen LogP contribution in [0.3, 0.4) is 0 Å². The molecule has 2 aromatic carbocycles. The second kappa shape index (κ2) is 7.70. The average Bonchev–Trinajstić information content (AvgIpc) is 3.04. The first kappa shape index (κ1) is 17.9. The number of para-hydroxylation sites is 1. The fourth-order valence-electron chi connectivity index (χ4n) is 4.27. The van der Waals surface area contributed by atoms with Crippen LogP contribution in [0.2, 0.25) is 0 Å². The molecule has 0 saturated carbocycles. The van der Waals surface area contributed by atoms with Gasteiger partial charge in [0, 0.05) is 30.8 Å². The lowest BCUT2D eigenvalue weighted by molar-refractivity contribution is 0.182. The van der Waals surface area contributed by atoms with Crippen LogP contribution in [0.1, 0.15) is 18.4 Å². The van der Waals surface area contributed by atoms with E-state index in [1.165, 1.54) is 12.8 Å². The molecule has 3 heterocycles. The van der Waals surface area contributed by atoms with Crippen LogP contribution in [0.4, 0.5) is 0 Å². The monoisotopic (exact) mass is 395 g/mol. The lowest BCUT2D eigenvalue weighted by atomic mass is 9.98. The van der Waals surface area contributed by atoms with Gasteiger partial charge in [-0.05, 0) is 56.1 Å². The number of benzene rings is 2. The summed E-state index contributed by atoms with van der Waals surface area (Å²) in [5.74, 6) is 1.54. The van der Waals surface area contributed by atoms with Gasteiger partial charge in [0.25, 0.3) is 0 Å².